The summed E-state index contributed by atoms with van der Waals surface area (Å²) in [5.41, 5.74) is 0. The molecular formula is C11H18N4O. The zero-order chi connectivity index (χ0) is 11.8. The van der Waals surface area contributed by atoms with Gasteiger partial charge in [-0.1, -0.05) is 6.08 Å². The number of nitrogens with zero attached hydrogens (tertiary/aromatic N) is 2. The fourth-order valence-corrected chi connectivity index (χ4v) is 1.37. The number of nitrogens with one attached hydrogen (secondary N) is 2. The molecule has 0 aliphatic carbocycles. The lowest BCUT2D eigenvalue weighted by molar-refractivity contribution is -0.120. The van der Waals surface area contributed by atoms with Crippen molar-refractivity contribution in [2.45, 2.75) is 19.5 Å². The first kappa shape index (κ1) is 12.4. The molecule has 1 aromatic heterocycles. The lowest BCUT2D eigenvalue weighted by Crippen LogP contribution is -2.40. The number of hydrogen-bond acceptors (Lipinski definition) is 3. The third kappa shape index (κ3) is 4.75. The third-order valence-corrected chi connectivity index (χ3v) is 2.03. The minimum atomic E-state index is -0.00512. The van der Waals surface area contributed by atoms with E-state index >= 15 is 0 Å². The van der Waals surface area contributed by atoms with E-state index in [-0.39, 0.29) is 11.9 Å². The summed E-state index contributed by atoms with van der Waals surface area (Å²) in [6, 6.07) is 0.0900. The SMILES string of the molecule is C=CCNCC(=O)NC(C)Cn1ccnc1. The van der Waals surface area contributed by atoms with Gasteiger partial charge < -0.3 is 15.2 Å². The molecule has 0 saturated heterocycles. The number of amides is 1. The van der Waals surface area contributed by atoms with Crippen LogP contribution in [0.3, 0.4) is 0 Å². The molecule has 0 aliphatic heterocycles. The van der Waals surface area contributed by atoms with Crippen molar-refractivity contribution in [2.75, 3.05) is 13.1 Å². The minimum Gasteiger partial charge on any atom is -0.351 e. The molecule has 5 heteroatoms. The number of rotatable bonds is 7. The Morgan fingerprint density at radius 2 is 2.50 bits per heavy atom. The molecule has 0 saturated carbocycles. The standard InChI is InChI=1S/C11H18N4O/c1-3-4-12-7-11(16)14-10(2)8-15-6-5-13-9-15/h3,5-6,9-10,12H,1,4,7-8H2,2H3,(H,14,16). The molecule has 88 valence electrons. The van der Waals surface area contributed by atoms with Gasteiger partial charge in [0.2, 0.25) is 5.91 Å². The van der Waals surface area contributed by atoms with E-state index in [9.17, 15) is 4.79 Å². The van der Waals surface area contributed by atoms with Gasteiger partial charge in [-0.15, -0.1) is 6.58 Å². The van der Waals surface area contributed by atoms with E-state index in [0.29, 0.717) is 13.1 Å². The van der Waals surface area contributed by atoms with Gasteiger partial charge in [-0.3, -0.25) is 4.79 Å². The summed E-state index contributed by atoms with van der Waals surface area (Å²) in [4.78, 5) is 15.4. The Morgan fingerprint density at radius 3 is 3.12 bits per heavy atom. The van der Waals surface area contributed by atoms with Crippen LogP contribution in [0.25, 0.3) is 0 Å². The van der Waals surface area contributed by atoms with E-state index in [1.165, 1.54) is 0 Å². The van der Waals surface area contributed by atoms with Crippen LogP contribution >= 0.6 is 0 Å². The van der Waals surface area contributed by atoms with E-state index in [0.717, 1.165) is 6.54 Å². The van der Waals surface area contributed by atoms with Crippen LogP contribution in [0.1, 0.15) is 6.92 Å². The Labute approximate surface area is 95.6 Å². The van der Waals surface area contributed by atoms with Crippen molar-refractivity contribution in [3.8, 4) is 0 Å². The molecule has 1 aromatic rings. The first-order valence-corrected chi connectivity index (χ1v) is 5.29. The highest BCUT2D eigenvalue weighted by Crippen LogP contribution is 1.91. The van der Waals surface area contributed by atoms with Crippen molar-refractivity contribution in [1.82, 2.24) is 20.2 Å². The Bertz CT molecular complexity index is 321. The molecule has 1 rings (SSSR count). The Hall–Kier alpha value is -1.62. The largest absolute Gasteiger partial charge is 0.351 e. The highest BCUT2D eigenvalue weighted by molar-refractivity contribution is 5.78. The van der Waals surface area contributed by atoms with Crippen LogP contribution in [0.5, 0.6) is 0 Å². The van der Waals surface area contributed by atoms with Crippen molar-refractivity contribution >= 4 is 5.91 Å². The highest BCUT2D eigenvalue weighted by Gasteiger charge is 2.06. The zero-order valence-corrected chi connectivity index (χ0v) is 9.52. The van der Waals surface area contributed by atoms with Crippen LogP contribution in [-0.2, 0) is 11.3 Å². The Kier molecular flexibility index (Phi) is 5.28. The molecule has 1 unspecified atom stereocenters. The van der Waals surface area contributed by atoms with E-state index in [1.807, 2.05) is 17.7 Å². The topological polar surface area (TPSA) is 59.0 Å². The van der Waals surface area contributed by atoms with E-state index in [1.54, 1.807) is 18.6 Å². The molecule has 1 amide bonds. The first-order chi connectivity index (χ1) is 7.72. The van der Waals surface area contributed by atoms with Gasteiger partial charge in [0.1, 0.15) is 0 Å². The molecule has 1 atom stereocenters. The second kappa shape index (κ2) is 6.79. The average molecular weight is 222 g/mol. The lowest BCUT2D eigenvalue weighted by atomic mass is 10.3. The van der Waals surface area contributed by atoms with Crippen LogP contribution in [0, 0.1) is 0 Å². The number of aromatic nitrogens is 2. The molecule has 0 spiro atoms. The number of hydrogen-bond donors (Lipinski definition) is 2. The maximum atomic E-state index is 11.4. The van der Waals surface area contributed by atoms with Crippen LogP contribution in [0.4, 0.5) is 0 Å². The molecule has 0 fully saturated rings. The zero-order valence-electron chi connectivity index (χ0n) is 9.52. The van der Waals surface area contributed by atoms with Crippen molar-refractivity contribution in [3.63, 3.8) is 0 Å². The summed E-state index contributed by atoms with van der Waals surface area (Å²) >= 11 is 0. The van der Waals surface area contributed by atoms with Crippen molar-refractivity contribution in [3.05, 3.63) is 31.4 Å². The Balaban J connectivity index is 2.20. The summed E-state index contributed by atoms with van der Waals surface area (Å²) in [7, 11) is 0. The van der Waals surface area contributed by atoms with Crippen LogP contribution in [0.2, 0.25) is 0 Å². The van der Waals surface area contributed by atoms with Gasteiger partial charge in [0.05, 0.1) is 12.9 Å². The fraction of sp³-hybridized carbons (Fsp3) is 0.455. The van der Waals surface area contributed by atoms with E-state index < -0.39 is 0 Å². The quantitative estimate of drug-likeness (QED) is 0.510. The number of carbonyl (C=O) groups excluding carboxylic acids is 1. The monoisotopic (exact) mass is 222 g/mol. The van der Waals surface area contributed by atoms with Crippen molar-refractivity contribution in [1.29, 1.82) is 0 Å². The molecule has 16 heavy (non-hydrogen) atoms. The predicted octanol–water partition coefficient (Wildman–Crippen LogP) is 0.163. The molecule has 0 aromatic carbocycles. The van der Waals surface area contributed by atoms with Gasteiger partial charge in [-0.05, 0) is 6.92 Å². The predicted molar refractivity (Wildman–Crippen MR) is 62.9 cm³/mol. The molecule has 0 aliphatic rings. The smallest absolute Gasteiger partial charge is 0.234 e. The third-order valence-electron chi connectivity index (χ3n) is 2.03. The summed E-state index contributed by atoms with van der Waals surface area (Å²) in [5.74, 6) is -0.00512. The maximum absolute atomic E-state index is 11.4. The van der Waals surface area contributed by atoms with Gasteiger partial charge in [0.25, 0.3) is 0 Å². The van der Waals surface area contributed by atoms with Crippen LogP contribution < -0.4 is 10.6 Å². The highest BCUT2D eigenvalue weighted by atomic mass is 16.1. The summed E-state index contributed by atoms with van der Waals surface area (Å²) in [5, 5.41) is 5.84. The number of carbonyl (C=O) groups is 1. The van der Waals surface area contributed by atoms with Gasteiger partial charge >= 0.3 is 0 Å². The van der Waals surface area contributed by atoms with Gasteiger partial charge in [-0.25, -0.2) is 4.98 Å². The molecule has 0 bridgehead atoms. The second-order valence-electron chi connectivity index (χ2n) is 3.65. The maximum Gasteiger partial charge on any atom is 0.234 e. The van der Waals surface area contributed by atoms with E-state index in [4.69, 9.17) is 0 Å². The lowest BCUT2D eigenvalue weighted by Gasteiger charge is -2.14. The summed E-state index contributed by atoms with van der Waals surface area (Å²) in [6.07, 6.45) is 7.06. The summed E-state index contributed by atoms with van der Waals surface area (Å²) < 4.78 is 1.93. The van der Waals surface area contributed by atoms with Gasteiger partial charge in [0.15, 0.2) is 0 Å². The summed E-state index contributed by atoms with van der Waals surface area (Å²) in [6.45, 7) is 7.22. The molecule has 1 heterocycles. The van der Waals surface area contributed by atoms with Crippen LogP contribution in [0.15, 0.2) is 31.4 Å². The normalized spacial score (nSPS) is 12.1. The van der Waals surface area contributed by atoms with Crippen LogP contribution in [-0.4, -0.2) is 34.6 Å². The second-order valence-corrected chi connectivity index (χ2v) is 3.65. The molecule has 0 radical (unpaired) electrons. The molecule has 5 nitrogen and oxygen atoms in total. The average Bonchev–Trinajstić information content (AvgIpc) is 2.70. The molecule has 2 N–H and O–H groups in total. The Morgan fingerprint density at radius 1 is 1.69 bits per heavy atom. The molecular weight excluding hydrogens is 204 g/mol. The fourth-order valence-electron chi connectivity index (χ4n) is 1.37. The minimum absolute atomic E-state index is 0.00512. The number of imidazole rings is 1. The van der Waals surface area contributed by atoms with Gasteiger partial charge in [0, 0.05) is 31.5 Å². The van der Waals surface area contributed by atoms with E-state index in [2.05, 4.69) is 22.2 Å². The van der Waals surface area contributed by atoms with Crippen molar-refractivity contribution in [2.24, 2.45) is 0 Å². The van der Waals surface area contributed by atoms with Gasteiger partial charge in [-0.2, -0.15) is 0 Å². The van der Waals surface area contributed by atoms with Crippen molar-refractivity contribution < 1.29 is 4.79 Å². The first-order valence-electron chi connectivity index (χ1n) is 5.29.